The lowest BCUT2D eigenvalue weighted by molar-refractivity contribution is 0.179. The Kier molecular flexibility index (Phi) is 5.61. The third-order valence-corrected chi connectivity index (χ3v) is 4.65. The van der Waals surface area contributed by atoms with Crippen molar-refractivity contribution in [2.45, 2.75) is 31.8 Å². The lowest BCUT2D eigenvalue weighted by Crippen LogP contribution is -2.49. The van der Waals surface area contributed by atoms with E-state index in [1.807, 2.05) is 6.92 Å². The van der Waals surface area contributed by atoms with Crippen molar-refractivity contribution in [3.8, 4) is 0 Å². The van der Waals surface area contributed by atoms with E-state index in [2.05, 4.69) is 10.6 Å². The fraction of sp³-hybridized carbons (Fsp3) is 0.900. The van der Waals surface area contributed by atoms with Gasteiger partial charge < -0.3 is 15.4 Å². The van der Waals surface area contributed by atoms with Crippen molar-refractivity contribution in [2.75, 3.05) is 25.2 Å². The van der Waals surface area contributed by atoms with Crippen molar-refractivity contribution in [3.05, 3.63) is 0 Å². The van der Waals surface area contributed by atoms with Crippen LogP contribution in [-0.4, -0.2) is 50.8 Å². The molecule has 0 bridgehead atoms. The molecule has 2 N–H and O–H groups in total. The van der Waals surface area contributed by atoms with Crippen LogP contribution in [0.5, 0.6) is 0 Å². The van der Waals surface area contributed by atoms with Gasteiger partial charge in [0.1, 0.15) is 0 Å². The van der Waals surface area contributed by atoms with E-state index in [1.54, 1.807) is 7.11 Å². The highest BCUT2D eigenvalue weighted by Crippen LogP contribution is 2.11. The van der Waals surface area contributed by atoms with Crippen LogP contribution in [0.15, 0.2) is 0 Å². The number of hydrogen-bond donors (Lipinski definition) is 2. The first-order valence-corrected chi connectivity index (χ1v) is 7.92. The maximum atomic E-state index is 11.4. The number of sulfone groups is 1. The third kappa shape index (κ3) is 5.65. The molecule has 2 unspecified atom stereocenters. The van der Waals surface area contributed by atoms with Crippen LogP contribution < -0.4 is 10.6 Å². The van der Waals surface area contributed by atoms with Gasteiger partial charge in [0.15, 0.2) is 14.9 Å². The van der Waals surface area contributed by atoms with E-state index >= 15 is 0 Å². The second-order valence-electron chi connectivity index (χ2n) is 4.43. The van der Waals surface area contributed by atoms with Gasteiger partial charge in [-0.2, -0.15) is 0 Å². The van der Waals surface area contributed by atoms with E-state index in [9.17, 15) is 8.42 Å². The minimum Gasteiger partial charge on any atom is -0.383 e. The fourth-order valence-corrected chi connectivity index (χ4v) is 3.88. The molecule has 1 saturated heterocycles. The van der Waals surface area contributed by atoms with Crippen molar-refractivity contribution < 1.29 is 13.2 Å². The molecule has 1 heterocycles. The van der Waals surface area contributed by atoms with Crippen molar-refractivity contribution in [2.24, 2.45) is 0 Å². The molecule has 5 nitrogen and oxygen atoms in total. The monoisotopic (exact) mass is 280 g/mol. The van der Waals surface area contributed by atoms with E-state index in [-0.39, 0.29) is 17.8 Å². The summed E-state index contributed by atoms with van der Waals surface area (Å²) in [5, 5.41) is 6.60. The molecule has 0 aromatic heterocycles. The Morgan fingerprint density at radius 1 is 1.59 bits per heavy atom. The maximum absolute atomic E-state index is 11.4. The molecular formula is C10H20N2O3S2. The predicted molar refractivity (Wildman–Crippen MR) is 71.9 cm³/mol. The minimum absolute atomic E-state index is 0.0662. The lowest BCUT2D eigenvalue weighted by Gasteiger charge is -2.25. The highest BCUT2D eigenvalue weighted by molar-refractivity contribution is 7.91. The Bertz CT molecular complexity index is 357. The lowest BCUT2D eigenvalue weighted by atomic mass is 10.2. The predicted octanol–water partition coefficient (Wildman–Crippen LogP) is 0.0626. The molecule has 1 rings (SSSR count). The van der Waals surface area contributed by atoms with Crippen LogP contribution in [0.25, 0.3) is 0 Å². The molecule has 1 aliphatic rings. The van der Waals surface area contributed by atoms with Crippen LogP contribution >= 0.6 is 12.2 Å². The van der Waals surface area contributed by atoms with Crippen LogP contribution in [0.1, 0.15) is 19.8 Å². The van der Waals surface area contributed by atoms with E-state index in [1.165, 1.54) is 0 Å². The molecule has 0 radical (unpaired) electrons. The topological polar surface area (TPSA) is 67.4 Å². The molecule has 2 atom stereocenters. The molecule has 0 spiro atoms. The summed E-state index contributed by atoms with van der Waals surface area (Å²) in [4.78, 5) is 0. The summed E-state index contributed by atoms with van der Waals surface area (Å²) in [6.07, 6.45) is 1.55. The quantitative estimate of drug-likeness (QED) is 0.710. The Hall–Kier alpha value is -0.400. The van der Waals surface area contributed by atoms with Crippen LogP contribution in [0, 0.1) is 0 Å². The Labute approximate surface area is 108 Å². The maximum Gasteiger partial charge on any atom is 0.166 e. The second kappa shape index (κ2) is 6.51. The molecule has 0 aromatic rings. The number of methoxy groups -OCH3 is 1. The Morgan fingerprint density at radius 3 is 2.88 bits per heavy atom. The van der Waals surface area contributed by atoms with Gasteiger partial charge in [-0.25, -0.2) is 8.42 Å². The van der Waals surface area contributed by atoms with Crippen molar-refractivity contribution in [1.29, 1.82) is 0 Å². The summed E-state index contributed by atoms with van der Waals surface area (Å²) in [5.74, 6) is 0.471. The summed E-state index contributed by atoms with van der Waals surface area (Å²) in [6.45, 7) is 2.51. The summed E-state index contributed by atoms with van der Waals surface area (Å²) in [6, 6.07) is 0.0451. The Morgan fingerprint density at radius 2 is 2.29 bits per heavy atom. The summed E-state index contributed by atoms with van der Waals surface area (Å²) >= 11 is 5.13. The van der Waals surface area contributed by atoms with Crippen molar-refractivity contribution >= 4 is 27.2 Å². The summed E-state index contributed by atoms with van der Waals surface area (Å²) in [7, 11) is -1.26. The van der Waals surface area contributed by atoms with E-state index < -0.39 is 9.84 Å². The van der Waals surface area contributed by atoms with Gasteiger partial charge in [0.05, 0.1) is 18.1 Å². The first-order chi connectivity index (χ1) is 7.93. The molecule has 1 fully saturated rings. The number of thiocarbonyl (C=S) groups is 1. The third-order valence-electron chi connectivity index (χ3n) is 2.59. The summed E-state index contributed by atoms with van der Waals surface area (Å²) in [5.41, 5.74) is 0. The number of rotatable bonds is 4. The summed E-state index contributed by atoms with van der Waals surface area (Å²) < 4.78 is 27.9. The number of nitrogens with one attached hydrogen (secondary N) is 2. The van der Waals surface area contributed by atoms with Crippen LogP contribution in [0.2, 0.25) is 0 Å². The average molecular weight is 280 g/mol. The van der Waals surface area contributed by atoms with Crippen molar-refractivity contribution in [3.63, 3.8) is 0 Å². The molecule has 100 valence electrons. The first-order valence-electron chi connectivity index (χ1n) is 5.69. The Balaban J connectivity index is 2.36. The van der Waals surface area contributed by atoms with Gasteiger partial charge in [0, 0.05) is 19.2 Å². The smallest absolute Gasteiger partial charge is 0.166 e. The average Bonchev–Trinajstić information content (AvgIpc) is 2.15. The molecule has 17 heavy (non-hydrogen) atoms. The number of ether oxygens (including phenoxy) is 1. The molecule has 0 amide bonds. The highest BCUT2D eigenvalue weighted by atomic mass is 32.2. The van der Waals surface area contributed by atoms with E-state index in [0.29, 0.717) is 23.9 Å². The molecule has 0 saturated carbocycles. The second-order valence-corrected chi connectivity index (χ2v) is 7.06. The molecule has 1 aliphatic heterocycles. The first kappa shape index (κ1) is 14.7. The van der Waals surface area contributed by atoms with Gasteiger partial charge in [-0.15, -0.1) is 0 Å². The molecule has 7 heteroatoms. The van der Waals surface area contributed by atoms with Gasteiger partial charge in [-0.3, -0.25) is 0 Å². The van der Waals surface area contributed by atoms with E-state index in [0.717, 1.165) is 6.42 Å². The van der Waals surface area contributed by atoms with Gasteiger partial charge in [-0.05, 0) is 32.0 Å². The normalized spacial score (nSPS) is 24.9. The van der Waals surface area contributed by atoms with Gasteiger partial charge >= 0.3 is 0 Å². The highest BCUT2D eigenvalue weighted by Gasteiger charge is 2.25. The van der Waals surface area contributed by atoms with Crippen LogP contribution in [0.4, 0.5) is 0 Å². The zero-order valence-electron chi connectivity index (χ0n) is 10.2. The minimum atomic E-state index is -2.89. The van der Waals surface area contributed by atoms with Crippen molar-refractivity contribution in [1.82, 2.24) is 10.6 Å². The SMILES string of the molecule is COCC(C)NC(=S)NC1CCCS(=O)(=O)C1. The van der Waals surface area contributed by atoms with Gasteiger partial charge in [0.2, 0.25) is 0 Å². The zero-order chi connectivity index (χ0) is 12.9. The zero-order valence-corrected chi connectivity index (χ0v) is 11.9. The molecule has 0 aromatic carbocycles. The van der Waals surface area contributed by atoms with Crippen LogP contribution in [0.3, 0.4) is 0 Å². The standard InChI is InChI=1S/C10H20N2O3S2/c1-8(6-15-2)11-10(16)12-9-4-3-5-17(13,14)7-9/h8-9H,3-7H2,1-2H3,(H2,11,12,16). The van der Waals surface area contributed by atoms with Gasteiger partial charge in [0.25, 0.3) is 0 Å². The molecule has 0 aliphatic carbocycles. The van der Waals surface area contributed by atoms with E-state index in [4.69, 9.17) is 17.0 Å². The number of hydrogen-bond acceptors (Lipinski definition) is 4. The fourth-order valence-electron chi connectivity index (χ4n) is 1.88. The van der Waals surface area contributed by atoms with Crippen LogP contribution in [-0.2, 0) is 14.6 Å². The van der Waals surface area contributed by atoms with Gasteiger partial charge in [-0.1, -0.05) is 0 Å². The molecular weight excluding hydrogens is 260 g/mol. The largest absolute Gasteiger partial charge is 0.383 e.